The molecule has 9 heteroatoms. The maximum absolute atomic E-state index is 5.68. The first-order valence-electron chi connectivity index (χ1n) is 9.59. The fourth-order valence-corrected chi connectivity index (χ4v) is 4.06. The number of allylic oxidation sites excluding steroid dienone is 1. The lowest BCUT2D eigenvalue weighted by molar-refractivity contribution is 0.214. The number of hydrogen-bond donors (Lipinski definition) is 2. The van der Waals surface area contributed by atoms with Gasteiger partial charge < -0.3 is 10.2 Å². The van der Waals surface area contributed by atoms with Gasteiger partial charge in [-0.3, -0.25) is 9.50 Å². The van der Waals surface area contributed by atoms with E-state index in [2.05, 4.69) is 50.8 Å². The summed E-state index contributed by atoms with van der Waals surface area (Å²) in [5.41, 5.74) is 3.77. The Balaban J connectivity index is 1.41. The van der Waals surface area contributed by atoms with Crippen LogP contribution >= 0.6 is 11.8 Å². The Labute approximate surface area is 177 Å². The molecular weight excluding hydrogens is 398 g/mol. The van der Waals surface area contributed by atoms with Gasteiger partial charge >= 0.3 is 0 Å². The lowest BCUT2D eigenvalue weighted by Crippen LogP contribution is -2.16. The van der Waals surface area contributed by atoms with Gasteiger partial charge in [0.15, 0.2) is 5.82 Å². The molecule has 5 rings (SSSR count). The van der Waals surface area contributed by atoms with Crippen LogP contribution in [-0.2, 0) is 4.84 Å². The minimum absolute atomic E-state index is 0.672. The molecular formula is C21H21N7OS. The van der Waals surface area contributed by atoms with E-state index in [1.807, 2.05) is 48.6 Å². The summed E-state index contributed by atoms with van der Waals surface area (Å²) in [5, 5.41) is 13.2. The molecule has 1 aliphatic rings. The van der Waals surface area contributed by atoms with E-state index in [4.69, 9.17) is 9.82 Å². The van der Waals surface area contributed by atoms with Crippen LogP contribution < -0.4 is 10.4 Å². The molecule has 0 saturated heterocycles. The lowest BCUT2D eigenvalue weighted by atomic mass is 10.3. The predicted molar refractivity (Wildman–Crippen MR) is 117 cm³/mol. The van der Waals surface area contributed by atoms with Crippen molar-refractivity contribution in [2.45, 2.75) is 30.7 Å². The molecule has 0 atom stereocenters. The molecule has 1 aromatic carbocycles. The maximum atomic E-state index is 5.68. The number of aryl methyl sites for hydroxylation is 2. The Bertz CT molecular complexity index is 1240. The number of benzene rings is 1. The van der Waals surface area contributed by atoms with Gasteiger partial charge in [-0.05, 0) is 51.1 Å². The number of aromatic nitrogens is 5. The molecule has 0 unspecified atom stereocenters. The Morgan fingerprint density at radius 3 is 2.63 bits per heavy atom. The molecule has 0 amide bonds. The van der Waals surface area contributed by atoms with E-state index >= 15 is 0 Å². The van der Waals surface area contributed by atoms with Crippen molar-refractivity contribution >= 4 is 34.9 Å². The van der Waals surface area contributed by atoms with Gasteiger partial charge in [-0.15, -0.1) is 0 Å². The van der Waals surface area contributed by atoms with Crippen LogP contribution in [0.2, 0.25) is 0 Å². The number of hydrogen-bond acceptors (Lipinski definition) is 7. The number of fused-ring (bicyclic) bond motifs is 1. The van der Waals surface area contributed by atoms with Crippen LogP contribution in [0.1, 0.15) is 18.3 Å². The van der Waals surface area contributed by atoms with Crippen LogP contribution in [0.5, 0.6) is 0 Å². The van der Waals surface area contributed by atoms with E-state index in [9.17, 15) is 0 Å². The molecule has 4 heterocycles. The summed E-state index contributed by atoms with van der Waals surface area (Å²) in [6.45, 7) is 6.65. The van der Waals surface area contributed by atoms with Crippen molar-refractivity contribution in [3.05, 3.63) is 65.8 Å². The second kappa shape index (κ2) is 7.42. The van der Waals surface area contributed by atoms with E-state index in [0.29, 0.717) is 11.8 Å². The summed E-state index contributed by atoms with van der Waals surface area (Å²) in [6, 6.07) is 12.2. The van der Waals surface area contributed by atoms with Gasteiger partial charge in [0, 0.05) is 28.9 Å². The number of nitrogens with zero attached hydrogens (tertiary/aromatic N) is 5. The predicted octanol–water partition coefficient (Wildman–Crippen LogP) is 4.62. The van der Waals surface area contributed by atoms with E-state index in [1.165, 1.54) is 0 Å². The van der Waals surface area contributed by atoms with Gasteiger partial charge in [0.2, 0.25) is 5.95 Å². The van der Waals surface area contributed by atoms with Gasteiger partial charge in [-0.25, -0.2) is 15.0 Å². The van der Waals surface area contributed by atoms with Crippen LogP contribution in [0, 0.1) is 13.8 Å². The number of hydroxylamine groups is 1. The Kier molecular flexibility index (Phi) is 4.59. The molecule has 1 aliphatic heterocycles. The zero-order chi connectivity index (χ0) is 20.7. The summed E-state index contributed by atoms with van der Waals surface area (Å²) in [6.07, 6.45) is 4.02. The Hall–Kier alpha value is -3.46. The number of H-pyrrole nitrogens is 1. The van der Waals surface area contributed by atoms with Gasteiger partial charge in [-0.1, -0.05) is 11.8 Å². The largest absolute Gasteiger partial charge is 0.384 e. The molecule has 0 bridgehead atoms. The molecule has 0 fully saturated rings. The van der Waals surface area contributed by atoms with Crippen LogP contribution in [0.15, 0.2) is 64.4 Å². The molecule has 4 aromatic rings. The summed E-state index contributed by atoms with van der Waals surface area (Å²) in [7, 11) is 0. The Morgan fingerprint density at radius 1 is 1.10 bits per heavy atom. The highest BCUT2D eigenvalue weighted by molar-refractivity contribution is 7.99. The zero-order valence-electron chi connectivity index (χ0n) is 16.9. The molecule has 0 spiro atoms. The van der Waals surface area contributed by atoms with E-state index < -0.39 is 0 Å². The smallest absolute Gasteiger partial charge is 0.215 e. The summed E-state index contributed by atoms with van der Waals surface area (Å²) in [5.74, 6) is 2.31. The highest BCUT2D eigenvalue weighted by Crippen LogP contribution is 2.31. The number of anilines is 3. The number of aromatic amines is 1. The molecule has 0 radical (unpaired) electrons. The van der Waals surface area contributed by atoms with Crippen molar-refractivity contribution in [1.29, 1.82) is 0 Å². The topological polar surface area (TPSA) is 83.4 Å². The summed E-state index contributed by atoms with van der Waals surface area (Å²) < 4.78 is 1.94. The van der Waals surface area contributed by atoms with Crippen LogP contribution in [0.3, 0.4) is 0 Å². The third kappa shape index (κ3) is 3.71. The van der Waals surface area contributed by atoms with Gasteiger partial charge in [0.25, 0.3) is 0 Å². The van der Waals surface area contributed by atoms with E-state index in [0.717, 1.165) is 44.9 Å². The third-order valence-electron chi connectivity index (χ3n) is 4.64. The molecule has 8 nitrogen and oxygen atoms in total. The highest BCUT2D eigenvalue weighted by Gasteiger charge is 2.14. The number of imidazole rings is 1. The van der Waals surface area contributed by atoms with Crippen molar-refractivity contribution < 1.29 is 4.84 Å². The van der Waals surface area contributed by atoms with Crippen molar-refractivity contribution in [3.63, 3.8) is 0 Å². The second-order valence-electron chi connectivity index (χ2n) is 7.15. The fraction of sp³-hybridized carbons (Fsp3) is 0.190. The normalized spacial score (nSPS) is 13.6. The van der Waals surface area contributed by atoms with Crippen LogP contribution in [-0.4, -0.2) is 31.1 Å². The summed E-state index contributed by atoms with van der Waals surface area (Å²) in [4.78, 5) is 16.2. The molecule has 3 aromatic heterocycles. The first kappa shape index (κ1) is 18.6. The molecule has 30 heavy (non-hydrogen) atoms. The molecule has 2 N–H and O–H groups in total. The fourth-order valence-electron chi connectivity index (χ4n) is 3.25. The van der Waals surface area contributed by atoms with Crippen LogP contribution in [0.4, 0.5) is 17.5 Å². The first-order chi connectivity index (χ1) is 14.5. The standard InChI is InChI=1S/C21H21N7OS/c1-13-10-18(26-25-13)23-21-24-20(11-19-22-14(2)12-27(19)21)30-17-6-4-16(5-7-17)28-9-8-15(3)29-28/h4-8,10-12H,9H2,1-3H3,(H2,23,24,25,26). The molecule has 0 aliphatic carbocycles. The van der Waals surface area contributed by atoms with Crippen LogP contribution in [0.25, 0.3) is 5.65 Å². The number of rotatable bonds is 5. The maximum Gasteiger partial charge on any atom is 0.215 e. The van der Waals surface area contributed by atoms with E-state index in [1.54, 1.807) is 11.8 Å². The average Bonchev–Trinajstić information content (AvgIpc) is 3.42. The van der Waals surface area contributed by atoms with Crippen molar-refractivity contribution in [1.82, 2.24) is 24.6 Å². The van der Waals surface area contributed by atoms with Gasteiger partial charge in [-0.2, -0.15) is 5.10 Å². The monoisotopic (exact) mass is 419 g/mol. The van der Waals surface area contributed by atoms with Crippen molar-refractivity contribution in [2.24, 2.45) is 0 Å². The SMILES string of the molecule is CC1=CCN(c2ccc(Sc3cc4nc(C)cn4c(Nc4cc(C)[nH]n4)n3)cc2)O1. The zero-order valence-corrected chi connectivity index (χ0v) is 17.7. The molecule has 152 valence electrons. The molecule has 0 saturated carbocycles. The minimum atomic E-state index is 0.672. The lowest BCUT2D eigenvalue weighted by Gasteiger charge is -2.17. The second-order valence-corrected chi connectivity index (χ2v) is 8.25. The highest BCUT2D eigenvalue weighted by atomic mass is 32.2. The van der Waals surface area contributed by atoms with Gasteiger partial charge in [0.05, 0.1) is 17.9 Å². The van der Waals surface area contributed by atoms with Crippen molar-refractivity contribution in [2.75, 3.05) is 16.9 Å². The quantitative estimate of drug-likeness (QED) is 0.457. The van der Waals surface area contributed by atoms with Gasteiger partial charge in [0.1, 0.15) is 16.4 Å². The summed E-state index contributed by atoms with van der Waals surface area (Å²) >= 11 is 1.59. The average molecular weight is 420 g/mol. The minimum Gasteiger partial charge on any atom is -0.384 e. The first-order valence-corrected chi connectivity index (χ1v) is 10.4. The Morgan fingerprint density at radius 2 is 1.93 bits per heavy atom. The number of nitrogens with one attached hydrogen (secondary N) is 2. The van der Waals surface area contributed by atoms with Crippen molar-refractivity contribution in [3.8, 4) is 0 Å². The third-order valence-corrected chi connectivity index (χ3v) is 5.57. The van der Waals surface area contributed by atoms with E-state index in [-0.39, 0.29) is 0 Å².